The zero-order chi connectivity index (χ0) is 23.0. The number of rotatable bonds is 16. The standard InChI is InChI=1S/C27H40N2O3/c1-4-6-7-8-9-15-20-31-24-21-28-27(29-26(24)23-17-11-10-12-18-23)32-25(30)19-14-13-16-22(3)5-2/h10-12,17-18,21-22H,4-9,13-16,19-20H2,1-3H3. The summed E-state index contributed by atoms with van der Waals surface area (Å²) in [5.41, 5.74) is 1.57. The summed E-state index contributed by atoms with van der Waals surface area (Å²) >= 11 is 0. The molecule has 0 amide bonds. The monoisotopic (exact) mass is 440 g/mol. The van der Waals surface area contributed by atoms with Gasteiger partial charge < -0.3 is 9.47 Å². The molecule has 0 radical (unpaired) electrons. The summed E-state index contributed by atoms with van der Waals surface area (Å²) < 4.78 is 11.4. The van der Waals surface area contributed by atoms with Gasteiger partial charge in [0.2, 0.25) is 0 Å². The molecule has 2 aromatic rings. The first-order valence-corrected chi connectivity index (χ1v) is 12.4. The third-order valence-corrected chi connectivity index (χ3v) is 5.77. The van der Waals surface area contributed by atoms with Crippen molar-refractivity contribution in [3.8, 4) is 23.0 Å². The van der Waals surface area contributed by atoms with E-state index in [0.29, 0.717) is 30.4 Å². The molecule has 0 bridgehead atoms. The van der Waals surface area contributed by atoms with Gasteiger partial charge in [0.1, 0.15) is 5.69 Å². The second-order valence-electron chi connectivity index (χ2n) is 8.58. The molecule has 1 unspecified atom stereocenters. The van der Waals surface area contributed by atoms with Crippen LogP contribution in [-0.4, -0.2) is 22.5 Å². The van der Waals surface area contributed by atoms with Gasteiger partial charge in [0.05, 0.1) is 12.8 Å². The van der Waals surface area contributed by atoms with Crippen LogP contribution in [0.25, 0.3) is 11.3 Å². The van der Waals surface area contributed by atoms with Gasteiger partial charge in [0.25, 0.3) is 0 Å². The lowest BCUT2D eigenvalue weighted by molar-refractivity contribution is -0.135. The molecule has 5 nitrogen and oxygen atoms in total. The molecule has 1 atom stereocenters. The predicted octanol–water partition coefficient (Wildman–Crippen LogP) is 7.39. The van der Waals surface area contributed by atoms with Gasteiger partial charge in [-0.05, 0) is 18.8 Å². The van der Waals surface area contributed by atoms with Crippen LogP contribution < -0.4 is 9.47 Å². The second-order valence-corrected chi connectivity index (χ2v) is 8.58. The van der Waals surface area contributed by atoms with E-state index in [4.69, 9.17) is 9.47 Å². The van der Waals surface area contributed by atoms with Crippen LogP contribution in [0.2, 0.25) is 0 Å². The van der Waals surface area contributed by atoms with Gasteiger partial charge in [-0.25, -0.2) is 0 Å². The molecule has 176 valence electrons. The highest BCUT2D eigenvalue weighted by Gasteiger charge is 2.14. The van der Waals surface area contributed by atoms with E-state index in [0.717, 1.165) is 37.7 Å². The highest BCUT2D eigenvalue weighted by molar-refractivity contribution is 5.72. The second kappa shape index (κ2) is 15.4. The van der Waals surface area contributed by atoms with Crippen molar-refractivity contribution in [1.82, 2.24) is 9.97 Å². The summed E-state index contributed by atoms with van der Waals surface area (Å²) in [6, 6.07) is 9.90. The first-order chi connectivity index (χ1) is 15.6. The summed E-state index contributed by atoms with van der Waals surface area (Å²) in [6.07, 6.45) is 13.4. The van der Waals surface area contributed by atoms with Crippen molar-refractivity contribution in [1.29, 1.82) is 0 Å². The number of hydrogen-bond donors (Lipinski definition) is 0. The Bertz CT molecular complexity index is 780. The maximum atomic E-state index is 12.2. The maximum absolute atomic E-state index is 12.2. The molecule has 0 saturated carbocycles. The van der Waals surface area contributed by atoms with E-state index >= 15 is 0 Å². The van der Waals surface area contributed by atoms with E-state index in [2.05, 4.69) is 30.7 Å². The van der Waals surface area contributed by atoms with Gasteiger partial charge in [-0.15, -0.1) is 0 Å². The molecule has 0 spiro atoms. The van der Waals surface area contributed by atoms with E-state index in [1.54, 1.807) is 6.20 Å². The number of benzene rings is 1. The number of carbonyl (C=O) groups excluding carboxylic acids is 1. The number of unbranched alkanes of at least 4 members (excludes halogenated alkanes) is 6. The molecule has 0 aliphatic rings. The van der Waals surface area contributed by atoms with E-state index in [1.807, 2.05) is 30.3 Å². The van der Waals surface area contributed by atoms with Crippen LogP contribution in [0.5, 0.6) is 11.8 Å². The lowest BCUT2D eigenvalue weighted by atomic mass is 10.0. The molecule has 0 aliphatic heterocycles. The first kappa shape index (κ1) is 25.8. The minimum atomic E-state index is -0.283. The Morgan fingerprint density at radius 3 is 2.47 bits per heavy atom. The Labute approximate surface area is 194 Å². The Morgan fingerprint density at radius 1 is 0.969 bits per heavy atom. The predicted molar refractivity (Wildman–Crippen MR) is 130 cm³/mol. The maximum Gasteiger partial charge on any atom is 0.325 e. The SMILES string of the molecule is CCCCCCCCOc1cnc(OC(=O)CCCCC(C)CC)nc1-c1ccccc1. The highest BCUT2D eigenvalue weighted by Crippen LogP contribution is 2.29. The van der Waals surface area contributed by atoms with Crippen molar-refractivity contribution in [2.75, 3.05) is 6.61 Å². The fraction of sp³-hybridized carbons (Fsp3) is 0.593. The van der Waals surface area contributed by atoms with Crippen LogP contribution >= 0.6 is 0 Å². The fourth-order valence-corrected chi connectivity index (χ4v) is 3.50. The number of esters is 1. The van der Waals surface area contributed by atoms with Gasteiger partial charge in [-0.1, -0.05) is 102 Å². The van der Waals surface area contributed by atoms with Crippen molar-refractivity contribution in [3.63, 3.8) is 0 Å². The molecule has 32 heavy (non-hydrogen) atoms. The van der Waals surface area contributed by atoms with E-state index in [1.165, 1.54) is 32.1 Å². The van der Waals surface area contributed by atoms with Crippen LogP contribution in [0.1, 0.15) is 91.4 Å². The van der Waals surface area contributed by atoms with Crippen LogP contribution in [0.4, 0.5) is 0 Å². The zero-order valence-corrected chi connectivity index (χ0v) is 20.1. The minimum Gasteiger partial charge on any atom is -0.490 e. The molecular formula is C27H40N2O3. The molecule has 0 aliphatic carbocycles. The molecular weight excluding hydrogens is 400 g/mol. The normalized spacial score (nSPS) is 11.8. The van der Waals surface area contributed by atoms with E-state index in [-0.39, 0.29) is 12.0 Å². The van der Waals surface area contributed by atoms with Gasteiger partial charge in [0, 0.05) is 12.0 Å². The minimum absolute atomic E-state index is 0.0858. The van der Waals surface area contributed by atoms with Crippen LogP contribution in [0.3, 0.4) is 0 Å². The Kier molecular flexibility index (Phi) is 12.4. The molecule has 1 aromatic carbocycles. The Hall–Kier alpha value is -2.43. The van der Waals surface area contributed by atoms with Crippen LogP contribution in [-0.2, 0) is 4.79 Å². The molecule has 5 heteroatoms. The third kappa shape index (κ3) is 9.80. The lowest BCUT2D eigenvalue weighted by Gasteiger charge is -2.12. The number of hydrogen-bond acceptors (Lipinski definition) is 5. The van der Waals surface area contributed by atoms with Gasteiger partial charge in [-0.3, -0.25) is 4.79 Å². The Morgan fingerprint density at radius 2 is 1.72 bits per heavy atom. The van der Waals surface area contributed by atoms with Crippen LogP contribution in [0, 0.1) is 5.92 Å². The number of carbonyl (C=O) groups is 1. The molecule has 1 heterocycles. The third-order valence-electron chi connectivity index (χ3n) is 5.77. The number of ether oxygens (including phenoxy) is 2. The molecule has 1 aromatic heterocycles. The fourth-order valence-electron chi connectivity index (χ4n) is 3.50. The number of nitrogens with zero attached hydrogens (tertiary/aromatic N) is 2. The topological polar surface area (TPSA) is 61.3 Å². The summed E-state index contributed by atoms with van der Waals surface area (Å²) in [5, 5.41) is 0. The number of aromatic nitrogens is 2. The summed E-state index contributed by atoms with van der Waals surface area (Å²) in [7, 11) is 0. The molecule has 0 fully saturated rings. The average molecular weight is 441 g/mol. The van der Waals surface area contributed by atoms with E-state index < -0.39 is 0 Å². The summed E-state index contributed by atoms with van der Waals surface area (Å²) in [4.78, 5) is 21.0. The Balaban J connectivity index is 1.93. The zero-order valence-electron chi connectivity index (χ0n) is 20.1. The van der Waals surface area contributed by atoms with Crippen molar-refractivity contribution in [3.05, 3.63) is 36.5 Å². The van der Waals surface area contributed by atoms with Crippen molar-refractivity contribution < 1.29 is 14.3 Å². The molecule has 2 rings (SSSR count). The summed E-state index contributed by atoms with van der Waals surface area (Å²) in [5.74, 6) is 1.04. The first-order valence-electron chi connectivity index (χ1n) is 12.4. The molecule has 0 N–H and O–H groups in total. The highest BCUT2D eigenvalue weighted by atomic mass is 16.5. The summed E-state index contributed by atoms with van der Waals surface area (Å²) in [6.45, 7) is 7.29. The van der Waals surface area contributed by atoms with Crippen molar-refractivity contribution >= 4 is 5.97 Å². The van der Waals surface area contributed by atoms with Crippen molar-refractivity contribution in [2.24, 2.45) is 5.92 Å². The molecule has 0 saturated heterocycles. The quantitative estimate of drug-likeness (QED) is 0.201. The van der Waals surface area contributed by atoms with Crippen LogP contribution in [0.15, 0.2) is 36.5 Å². The van der Waals surface area contributed by atoms with E-state index in [9.17, 15) is 4.79 Å². The van der Waals surface area contributed by atoms with Gasteiger partial charge in [0.15, 0.2) is 5.75 Å². The average Bonchev–Trinajstić information content (AvgIpc) is 2.82. The largest absolute Gasteiger partial charge is 0.490 e. The lowest BCUT2D eigenvalue weighted by Crippen LogP contribution is -2.11. The van der Waals surface area contributed by atoms with Crippen molar-refractivity contribution in [2.45, 2.75) is 91.4 Å². The smallest absolute Gasteiger partial charge is 0.325 e. The van der Waals surface area contributed by atoms with Gasteiger partial charge in [-0.2, -0.15) is 9.97 Å². The van der Waals surface area contributed by atoms with Gasteiger partial charge >= 0.3 is 12.0 Å².